The molecule has 2 amide bonds. The lowest BCUT2D eigenvalue weighted by atomic mass is 10.1. The Bertz CT molecular complexity index is 1190. The molecule has 2 N–H and O–H groups in total. The predicted octanol–water partition coefficient (Wildman–Crippen LogP) is 6.13. The first-order valence-electron chi connectivity index (χ1n) is 12.8. The summed E-state index contributed by atoms with van der Waals surface area (Å²) >= 11 is 6.42. The van der Waals surface area contributed by atoms with Crippen molar-refractivity contribution in [3.8, 4) is 0 Å². The Labute approximate surface area is 235 Å². The Morgan fingerprint density at radius 1 is 0.923 bits per heavy atom. The van der Waals surface area contributed by atoms with Crippen LogP contribution in [0.1, 0.15) is 43.9 Å². The quantitative estimate of drug-likeness (QED) is 0.293. The third-order valence-corrected chi connectivity index (χ3v) is 5.97. The second-order valence-corrected chi connectivity index (χ2v) is 10.5. The van der Waals surface area contributed by atoms with Crippen molar-refractivity contribution in [2.45, 2.75) is 58.5 Å². The molecule has 0 saturated carbocycles. The van der Waals surface area contributed by atoms with Gasteiger partial charge in [-0.15, -0.1) is 5.12 Å². The Balaban J connectivity index is 1.81. The van der Waals surface area contributed by atoms with Crippen LogP contribution in [0.25, 0.3) is 0 Å². The minimum atomic E-state index is -0.854. The largest absolute Gasteiger partial charge is 0.444 e. The van der Waals surface area contributed by atoms with E-state index in [2.05, 4.69) is 5.43 Å². The van der Waals surface area contributed by atoms with Gasteiger partial charge in [-0.2, -0.15) is 5.01 Å². The Hall–Kier alpha value is -3.59. The standard InChI is InChI=1S/C30H36ClN3O5/c1-30(2,3)39-29(37)34(32-28(36)38-22-24-14-8-5-9-15-24)33(20-25-16-10-11-17-27(25)31)21-26(35)19-18-23-12-6-4-7-13-23/h4-17,26,35H,18-22H2,1-3H3,(H,32,36)/t26-/m0/s1. The molecule has 0 heterocycles. The van der Waals surface area contributed by atoms with Crippen LogP contribution in [-0.4, -0.2) is 45.7 Å². The zero-order valence-electron chi connectivity index (χ0n) is 22.5. The number of hydrazine groups is 2. The molecule has 0 saturated heterocycles. The van der Waals surface area contributed by atoms with Gasteiger partial charge in [0.1, 0.15) is 12.2 Å². The molecule has 0 radical (unpaired) electrons. The van der Waals surface area contributed by atoms with Crippen molar-refractivity contribution in [1.82, 2.24) is 15.6 Å². The molecule has 9 heteroatoms. The minimum absolute atomic E-state index is 0.0102. The highest BCUT2D eigenvalue weighted by molar-refractivity contribution is 6.31. The molecule has 8 nitrogen and oxygen atoms in total. The van der Waals surface area contributed by atoms with Gasteiger partial charge < -0.3 is 14.6 Å². The van der Waals surface area contributed by atoms with Gasteiger partial charge in [-0.25, -0.2) is 15.0 Å². The van der Waals surface area contributed by atoms with Gasteiger partial charge in [0.15, 0.2) is 0 Å². The Morgan fingerprint density at radius 3 is 2.13 bits per heavy atom. The summed E-state index contributed by atoms with van der Waals surface area (Å²) in [6, 6.07) is 26.2. The van der Waals surface area contributed by atoms with E-state index < -0.39 is 23.9 Å². The van der Waals surface area contributed by atoms with Crippen LogP contribution in [-0.2, 0) is 29.0 Å². The molecule has 0 fully saturated rings. The fourth-order valence-electron chi connectivity index (χ4n) is 3.73. The van der Waals surface area contributed by atoms with E-state index in [1.807, 2.05) is 72.8 Å². The number of rotatable bonds is 10. The lowest BCUT2D eigenvalue weighted by molar-refractivity contribution is -0.0957. The third kappa shape index (κ3) is 10.6. The van der Waals surface area contributed by atoms with Gasteiger partial charge in [-0.1, -0.05) is 90.5 Å². The van der Waals surface area contributed by atoms with Crippen molar-refractivity contribution < 1.29 is 24.2 Å². The van der Waals surface area contributed by atoms with E-state index in [0.29, 0.717) is 23.4 Å². The van der Waals surface area contributed by atoms with Gasteiger partial charge >= 0.3 is 12.2 Å². The first-order valence-corrected chi connectivity index (χ1v) is 13.2. The number of aliphatic hydroxyl groups is 1. The average molecular weight is 554 g/mol. The number of carbonyl (C=O) groups excluding carboxylic acids is 2. The number of nitrogens with one attached hydrogen (secondary N) is 1. The normalized spacial score (nSPS) is 12.1. The van der Waals surface area contributed by atoms with Crippen molar-refractivity contribution in [1.29, 1.82) is 0 Å². The molecule has 3 aromatic rings. The molecule has 0 unspecified atom stereocenters. The maximum atomic E-state index is 13.3. The average Bonchev–Trinajstić information content (AvgIpc) is 2.90. The number of benzene rings is 3. The smallest absolute Gasteiger partial charge is 0.443 e. The highest BCUT2D eigenvalue weighted by Gasteiger charge is 2.31. The lowest BCUT2D eigenvalue weighted by Crippen LogP contribution is -2.58. The SMILES string of the molecule is CC(C)(C)OC(=O)N(NC(=O)OCc1ccccc1)N(Cc1ccccc1Cl)C[C@@H](O)CCc1ccccc1. The Morgan fingerprint density at radius 2 is 1.51 bits per heavy atom. The third-order valence-electron chi connectivity index (χ3n) is 5.60. The molecule has 1 atom stereocenters. The van der Waals surface area contributed by atoms with Gasteiger partial charge in [-0.3, -0.25) is 0 Å². The molecule has 208 valence electrons. The van der Waals surface area contributed by atoms with Crippen LogP contribution < -0.4 is 5.43 Å². The molecule has 0 spiro atoms. The van der Waals surface area contributed by atoms with Crippen LogP contribution in [0.15, 0.2) is 84.9 Å². The van der Waals surface area contributed by atoms with E-state index in [1.165, 1.54) is 5.01 Å². The number of nitrogens with zero attached hydrogens (tertiary/aromatic N) is 2. The Kier molecular flexibility index (Phi) is 11.2. The first-order chi connectivity index (χ1) is 18.6. The maximum Gasteiger partial charge on any atom is 0.444 e. The van der Waals surface area contributed by atoms with Crippen LogP contribution in [0, 0.1) is 0 Å². The summed E-state index contributed by atoms with van der Waals surface area (Å²) in [5.74, 6) is 0. The van der Waals surface area contributed by atoms with E-state index >= 15 is 0 Å². The lowest BCUT2D eigenvalue weighted by Gasteiger charge is -2.36. The van der Waals surface area contributed by atoms with Gasteiger partial charge in [0.2, 0.25) is 0 Å². The van der Waals surface area contributed by atoms with Crippen LogP contribution in [0.4, 0.5) is 9.59 Å². The molecule has 3 rings (SSSR count). The fourth-order valence-corrected chi connectivity index (χ4v) is 3.93. The molecular weight excluding hydrogens is 518 g/mol. The molecule has 39 heavy (non-hydrogen) atoms. The summed E-state index contributed by atoms with van der Waals surface area (Å²) in [6.07, 6.45) is -1.45. The molecule has 0 aliphatic heterocycles. The summed E-state index contributed by atoms with van der Waals surface area (Å²) in [4.78, 5) is 26.1. The number of halogens is 1. The van der Waals surface area contributed by atoms with Gasteiger partial charge in [0.25, 0.3) is 0 Å². The minimum Gasteiger partial charge on any atom is -0.443 e. The molecule has 0 aliphatic rings. The number of carbonyl (C=O) groups is 2. The van der Waals surface area contributed by atoms with Crippen LogP contribution >= 0.6 is 11.6 Å². The fraction of sp³-hybridized carbons (Fsp3) is 0.333. The van der Waals surface area contributed by atoms with Crippen molar-refractivity contribution >= 4 is 23.8 Å². The number of ether oxygens (including phenoxy) is 2. The zero-order chi connectivity index (χ0) is 28.3. The summed E-state index contributed by atoms with van der Waals surface area (Å²) in [6.45, 7) is 5.31. The molecule has 0 aliphatic carbocycles. The van der Waals surface area contributed by atoms with E-state index in [0.717, 1.165) is 16.2 Å². The number of amides is 2. The number of aliphatic hydroxyl groups excluding tert-OH is 1. The van der Waals surface area contributed by atoms with E-state index in [9.17, 15) is 14.7 Å². The van der Waals surface area contributed by atoms with Crippen LogP contribution in [0.3, 0.4) is 0 Å². The summed E-state index contributed by atoms with van der Waals surface area (Å²) in [7, 11) is 0. The molecule has 0 aromatic heterocycles. The second-order valence-electron chi connectivity index (χ2n) is 10.1. The van der Waals surface area contributed by atoms with Gasteiger partial charge in [-0.05, 0) is 56.4 Å². The van der Waals surface area contributed by atoms with Gasteiger partial charge in [0, 0.05) is 18.1 Å². The predicted molar refractivity (Wildman–Crippen MR) is 150 cm³/mol. The summed E-state index contributed by atoms with van der Waals surface area (Å²) in [5.41, 5.74) is 4.23. The van der Waals surface area contributed by atoms with Crippen molar-refractivity contribution in [2.75, 3.05) is 6.54 Å². The topological polar surface area (TPSA) is 91.3 Å². The molecule has 3 aromatic carbocycles. The van der Waals surface area contributed by atoms with E-state index in [-0.39, 0.29) is 19.7 Å². The summed E-state index contributed by atoms with van der Waals surface area (Å²) < 4.78 is 10.9. The monoisotopic (exact) mass is 553 g/mol. The highest BCUT2D eigenvalue weighted by atomic mass is 35.5. The number of hydrogen-bond donors (Lipinski definition) is 2. The molecule has 0 bridgehead atoms. The maximum absolute atomic E-state index is 13.3. The number of aryl methyl sites for hydroxylation is 1. The van der Waals surface area contributed by atoms with Crippen molar-refractivity contribution in [3.05, 3.63) is 107 Å². The molecular formula is C30H36ClN3O5. The van der Waals surface area contributed by atoms with E-state index in [4.69, 9.17) is 21.1 Å². The van der Waals surface area contributed by atoms with E-state index in [1.54, 1.807) is 32.9 Å². The van der Waals surface area contributed by atoms with Crippen LogP contribution in [0.5, 0.6) is 0 Å². The highest BCUT2D eigenvalue weighted by Crippen LogP contribution is 2.20. The van der Waals surface area contributed by atoms with Crippen LogP contribution in [0.2, 0.25) is 5.02 Å². The zero-order valence-corrected chi connectivity index (χ0v) is 23.3. The van der Waals surface area contributed by atoms with Gasteiger partial charge in [0.05, 0.1) is 6.10 Å². The van der Waals surface area contributed by atoms with Crippen molar-refractivity contribution in [3.63, 3.8) is 0 Å². The first kappa shape index (κ1) is 30.0. The second kappa shape index (κ2) is 14.5. The summed E-state index contributed by atoms with van der Waals surface area (Å²) in [5, 5.41) is 13.9. The van der Waals surface area contributed by atoms with Crippen molar-refractivity contribution in [2.24, 2.45) is 0 Å². The number of hydrogen-bond acceptors (Lipinski definition) is 6.